The Balaban J connectivity index is 0.000000274. The second-order valence-electron chi connectivity index (χ2n) is 12.3. The number of carbonyl (C=O) groups is 2. The minimum atomic E-state index is -4.90. The van der Waals surface area contributed by atoms with E-state index in [9.17, 15) is 67.7 Å². The number of ether oxygens (including phenoxy) is 2. The average molecular weight is 817 g/mol. The van der Waals surface area contributed by atoms with E-state index in [-0.39, 0.29) is 24.3 Å². The summed E-state index contributed by atoms with van der Waals surface area (Å²) in [4.78, 5) is 23.6. The summed E-state index contributed by atoms with van der Waals surface area (Å²) in [7, 11) is -4.57. The minimum Gasteiger partial charge on any atom is -0.406 e. The second-order valence-corrected chi connectivity index (χ2v) is 14.2. The van der Waals surface area contributed by atoms with Crippen LogP contribution in [0.25, 0.3) is 0 Å². The smallest absolute Gasteiger partial charge is 0.406 e. The molecule has 2 aliphatic heterocycles. The molecule has 0 aliphatic carbocycles. The molecule has 2 fully saturated rings. The van der Waals surface area contributed by atoms with Gasteiger partial charge in [-0.15, -0.1) is 26.3 Å². The summed E-state index contributed by atoms with van der Waals surface area (Å²) in [5.41, 5.74) is -4.49. The second kappa shape index (κ2) is 16.6. The quantitative estimate of drug-likeness (QED) is 0.187. The summed E-state index contributed by atoms with van der Waals surface area (Å²) >= 11 is 0. The Kier molecular flexibility index (Phi) is 13.0. The Morgan fingerprint density at radius 3 is 1.45 bits per heavy atom. The maximum Gasteiger partial charge on any atom is 0.573 e. The average Bonchev–Trinajstić information content (AvgIpc) is 3.09. The first-order chi connectivity index (χ1) is 25.4. The number of anilines is 2. The third kappa shape index (κ3) is 11.9. The van der Waals surface area contributed by atoms with Crippen molar-refractivity contribution in [3.63, 3.8) is 0 Å². The van der Waals surface area contributed by atoms with Gasteiger partial charge in [-0.1, -0.05) is 12.1 Å². The highest BCUT2D eigenvalue weighted by atomic mass is 32.2. The fourth-order valence-electron chi connectivity index (χ4n) is 5.43. The molecule has 2 aliphatic rings. The van der Waals surface area contributed by atoms with Crippen molar-refractivity contribution in [1.82, 2.24) is 9.62 Å². The fourth-order valence-corrected chi connectivity index (χ4v) is 7.08. The van der Waals surface area contributed by atoms with E-state index in [1.807, 2.05) is 0 Å². The lowest BCUT2D eigenvalue weighted by Gasteiger charge is -2.36. The predicted octanol–water partition coefficient (Wildman–Crippen LogP) is 5.40. The van der Waals surface area contributed by atoms with Crippen LogP contribution < -0.4 is 25.4 Å². The molecular formula is C33H33F9N4O8S. The fraction of sp³-hybridized carbons (Fsp3) is 0.394. The summed E-state index contributed by atoms with van der Waals surface area (Å²) in [6, 6.07) is 12.5. The van der Waals surface area contributed by atoms with Gasteiger partial charge in [0.25, 0.3) is 11.8 Å². The van der Waals surface area contributed by atoms with Gasteiger partial charge in [0.1, 0.15) is 22.7 Å². The molecule has 3 aromatic rings. The van der Waals surface area contributed by atoms with E-state index in [4.69, 9.17) is 0 Å². The molecule has 22 heteroatoms. The molecule has 0 spiro atoms. The zero-order valence-corrected chi connectivity index (χ0v) is 29.0. The summed E-state index contributed by atoms with van der Waals surface area (Å²) in [6.45, 7) is 0.193. The van der Waals surface area contributed by atoms with Crippen molar-refractivity contribution in [3.05, 3.63) is 78.4 Å². The Labute approximate surface area is 307 Å². The molecule has 3 aromatic carbocycles. The van der Waals surface area contributed by atoms with E-state index >= 15 is 0 Å². The maximum absolute atomic E-state index is 13.2. The molecule has 0 saturated carbocycles. The van der Waals surface area contributed by atoms with Crippen molar-refractivity contribution in [2.75, 3.05) is 36.8 Å². The number of aliphatic hydroxyl groups is 2. The summed E-state index contributed by atoms with van der Waals surface area (Å²) < 4.78 is 146. The molecule has 12 nitrogen and oxygen atoms in total. The van der Waals surface area contributed by atoms with Crippen molar-refractivity contribution < 1.29 is 77.2 Å². The Bertz CT molecular complexity index is 1890. The van der Waals surface area contributed by atoms with E-state index in [0.29, 0.717) is 24.8 Å². The lowest BCUT2D eigenvalue weighted by molar-refractivity contribution is -0.275. The lowest BCUT2D eigenvalue weighted by atomic mass is 9.91. The van der Waals surface area contributed by atoms with Crippen molar-refractivity contribution >= 4 is 33.2 Å². The zero-order valence-electron chi connectivity index (χ0n) is 28.2. The number of nitrogens with zero attached hydrogens (tertiary/aromatic N) is 1. The maximum atomic E-state index is 13.2. The zero-order chi connectivity index (χ0) is 40.9. The Hall–Kier alpha value is -4.64. The number of amides is 2. The molecule has 2 saturated heterocycles. The van der Waals surface area contributed by atoms with Gasteiger partial charge in [-0.05, 0) is 99.4 Å². The standard InChI is InChI=1S/C20H18F6N2O5S.C13H15F3N2O3/c21-19(22,23)15-3-1-2-4-16(15)34(31,32)28-11-9-18(30,10-12-28)17(29)27-13-5-7-14(8-6-13)33-20(24,25)26;14-13(15,16)21-10-3-1-9(2-4-10)18-11(19)12(20)5-7-17-8-6-12/h1-8,30H,9-12H2,(H,27,29);1-4,17,20H,5-8H2,(H,18,19). The van der Waals surface area contributed by atoms with Crippen LogP contribution >= 0.6 is 0 Å². The van der Waals surface area contributed by atoms with Gasteiger partial charge in [-0.3, -0.25) is 9.59 Å². The molecular weight excluding hydrogens is 783 g/mol. The van der Waals surface area contributed by atoms with Crippen LogP contribution in [0.3, 0.4) is 0 Å². The van der Waals surface area contributed by atoms with Gasteiger partial charge in [0.2, 0.25) is 10.0 Å². The van der Waals surface area contributed by atoms with E-state index in [1.54, 1.807) is 0 Å². The van der Waals surface area contributed by atoms with Crippen LogP contribution in [0.15, 0.2) is 77.7 Å². The number of benzene rings is 3. The first-order valence-electron chi connectivity index (χ1n) is 16.1. The Morgan fingerprint density at radius 2 is 1.05 bits per heavy atom. The van der Waals surface area contributed by atoms with E-state index < -0.39 is 94.1 Å². The molecule has 55 heavy (non-hydrogen) atoms. The largest absolute Gasteiger partial charge is 0.573 e. The molecule has 0 unspecified atom stereocenters. The molecule has 2 amide bonds. The van der Waals surface area contributed by atoms with Crippen LogP contribution in [0, 0.1) is 0 Å². The van der Waals surface area contributed by atoms with Crippen LogP contribution in [0.5, 0.6) is 11.5 Å². The van der Waals surface area contributed by atoms with Gasteiger partial charge < -0.3 is 35.6 Å². The first-order valence-corrected chi connectivity index (χ1v) is 17.5. The molecule has 2 heterocycles. The number of halogens is 9. The number of carbonyl (C=O) groups excluding carboxylic acids is 2. The molecule has 0 bridgehead atoms. The Morgan fingerprint density at radius 1 is 0.655 bits per heavy atom. The van der Waals surface area contributed by atoms with Gasteiger partial charge in [0.15, 0.2) is 0 Å². The molecule has 302 valence electrons. The number of sulfonamides is 1. The van der Waals surface area contributed by atoms with Crippen LogP contribution in [0.4, 0.5) is 50.9 Å². The van der Waals surface area contributed by atoms with Crippen LogP contribution in [-0.4, -0.2) is 84.9 Å². The summed E-state index contributed by atoms with van der Waals surface area (Å²) in [6.07, 6.45) is -14.8. The molecule has 5 rings (SSSR count). The molecule has 0 atom stereocenters. The van der Waals surface area contributed by atoms with Crippen molar-refractivity contribution in [2.45, 2.75) is 60.7 Å². The lowest BCUT2D eigenvalue weighted by Crippen LogP contribution is -2.52. The number of hydrogen-bond acceptors (Lipinski definition) is 9. The van der Waals surface area contributed by atoms with Gasteiger partial charge in [0, 0.05) is 24.5 Å². The van der Waals surface area contributed by atoms with E-state index in [1.165, 1.54) is 12.1 Å². The highest BCUT2D eigenvalue weighted by Gasteiger charge is 2.45. The summed E-state index contributed by atoms with van der Waals surface area (Å²) in [5, 5.41) is 28.7. The number of piperidine rings is 2. The van der Waals surface area contributed by atoms with Crippen molar-refractivity contribution in [1.29, 1.82) is 0 Å². The van der Waals surface area contributed by atoms with E-state index in [2.05, 4.69) is 25.4 Å². The molecule has 5 N–H and O–H groups in total. The number of nitrogens with one attached hydrogen (secondary N) is 3. The topological polar surface area (TPSA) is 167 Å². The number of rotatable bonds is 8. The SMILES string of the molecule is O=C(Nc1ccc(OC(F)(F)F)cc1)C1(O)CCN(S(=O)(=O)c2ccccc2C(F)(F)F)CC1.O=C(Nc1ccc(OC(F)(F)F)cc1)C1(O)CCNCC1. The van der Waals surface area contributed by atoms with E-state index in [0.717, 1.165) is 58.9 Å². The summed E-state index contributed by atoms with van der Waals surface area (Å²) in [5.74, 6) is -2.40. The van der Waals surface area contributed by atoms with Gasteiger partial charge in [-0.25, -0.2) is 8.42 Å². The highest BCUT2D eigenvalue weighted by molar-refractivity contribution is 7.89. The highest BCUT2D eigenvalue weighted by Crippen LogP contribution is 2.37. The molecule has 0 aromatic heterocycles. The van der Waals surface area contributed by atoms with Gasteiger partial charge in [0.05, 0.1) is 10.5 Å². The van der Waals surface area contributed by atoms with Crippen LogP contribution in [-0.2, 0) is 25.8 Å². The van der Waals surface area contributed by atoms with Gasteiger partial charge >= 0.3 is 18.9 Å². The van der Waals surface area contributed by atoms with Crippen molar-refractivity contribution in [3.8, 4) is 11.5 Å². The molecule has 0 radical (unpaired) electrons. The number of hydrogen-bond donors (Lipinski definition) is 5. The third-order valence-corrected chi connectivity index (χ3v) is 10.3. The van der Waals surface area contributed by atoms with Gasteiger partial charge in [-0.2, -0.15) is 17.5 Å². The van der Waals surface area contributed by atoms with Crippen molar-refractivity contribution in [2.24, 2.45) is 0 Å². The van der Waals surface area contributed by atoms with Crippen LogP contribution in [0.1, 0.15) is 31.2 Å². The predicted molar refractivity (Wildman–Crippen MR) is 175 cm³/mol. The third-order valence-electron chi connectivity index (χ3n) is 8.33. The monoisotopic (exact) mass is 816 g/mol. The van der Waals surface area contributed by atoms with Crippen LogP contribution in [0.2, 0.25) is 0 Å². The normalized spacial score (nSPS) is 17.6. The first kappa shape index (κ1) is 43.1. The minimum absolute atomic E-state index is 0.0436. The number of alkyl halides is 9.